The minimum Gasteiger partial charge on any atom is -0.481 e. The molecule has 1 aliphatic carbocycles. The van der Waals surface area contributed by atoms with Gasteiger partial charge in [-0.1, -0.05) is 30.7 Å². The highest BCUT2D eigenvalue weighted by Crippen LogP contribution is 2.49. The summed E-state index contributed by atoms with van der Waals surface area (Å²) in [6.07, 6.45) is 2.93. The van der Waals surface area contributed by atoms with Gasteiger partial charge in [-0.3, -0.25) is 14.7 Å². The highest BCUT2D eigenvalue weighted by molar-refractivity contribution is 5.78. The highest BCUT2D eigenvalue weighted by atomic mass is 16.4. The third-order valence-electron chi connectivity index (χ3n) is 5.41. The van der Waals surface area contributed by atoms with Gasteiger partial charge in [-0.15, -0.1) is 0 Å². The summed E-state index contributed by atoms with van der Waals surface area (Å²) in [6, 6.07) is 12.3. The van der Waals surface area contributed by atoms with Gasteiger partial charge in [0.25, 0.3) is 0 Å². The summed E-state index contributed by atoms with van der Waals surface area (Å²) >= 11 is 0. The first-order valence-electron chi connectivity index (χ1n) is 7.98. The molecule has 2 fully saturated rings. The maximum absolute atomic E-state index is 11.7. The van der Waals surface area contributed by atoms with Crippen LogP contribution in [0.5, 0.6) is 0 Å². The van der Waals surface area contributed by atoms with Crippen molar-refractivity contribution in [3.8, 4) is 0 Å². The van der Waals surface area contributed by atoms with Crippen molar-refractivity contribution in [1.82, 2.24) is 9.88 Å². The molecule has 0 amide bonds. The fraction of sp³-hybridized carbons (Fsp3) is 0.444. The molecule has 4 heteroatoms. The number of aliphatic carboxylic acids is 1. The van der Waals surface area contributed by atoms with Gasteiger partial charge < -0.3 is 5.11 Å². The quantitative estimate of drug-likeness (QED) is 0.946. The van der Waals surface area contributed by atoms with Gasteiger partial charge in [-0.25, -0.2) is 0 Å². The van der Waals surface area contributed by atoms with Crippen LogP contribution in [-0.4, -0.2) is 34.0 Å². The number of benzene rings is 1. The third-order valence-corrected chi connectivity index (χ3v) is 5.41. The maximum Gasteiger partial charge on any atom is 0.311 e. The van der Waals surface area contributed by atoms with Crippen molar-refractivity contribution >= 4 is 16.9 Å². The van der Waals surface area contributed by atoms with E-state index in [-0.39, 0.29) is 0 Å². The molecule has 1 aliphatic heterocycles. The zero-order valence-corrected chi connectivity index (χ0v) is 12.5. The highest BCUT2D eigenvalue weighted by Gasteiger charge is 2.54. The Hall–Kier alpha value is -1.94. The smallest absolute Gasteiger partial charge is 0.311 e. The molecule has 0 bridgehead atoms. The second-order valence-electron chi connectivity index (χ2n) is 6.72. The number of likely N-dealkylation sites (tertiary alicyclic amines) is 1. The largest absolute Gasteiger partial charge is 0.481 e. The van der Waals surface area contributed by atoms with Crippen LogP contribution in [-0.2, 0) is 11.3 Å². The van der Waals surface area contributed by atoms with Crippen molar-refractivity contribution < 1.29 is 9.90 Å². The molecule has 1 N–H and O–H groups in total. The molecule has 1 saturated carbocycles. The lowest BCUT2D eigenvalue weighted by molar-refractivity contribution is -0.149. The van der Waals surface area contributed by atoms with Gasteiger partial charge in [0.1, 0.15) is 0 Å². The normalized spacial score (nSPS) is 28.1. The second kappa shape index (κ2) is 5.06. The summed E-state index contributed by atoms with van der Waals surface area (Å²) < 4.78 is 0. The van der Waals surface area contributed by atoms with Crippen LogP contribution in [0.4, 0.5) is 0 Å². The van der Waals surface area contributed by atoms with E-state index in [0.29, 0.717) is 12.5 Å². The Labute approximate surface area is 129 Å². The van der Waals surface area contributed by atoms with E-state index >= 15 is 0 Å². The van der Waals surface area contributed by atoms with E-state index in [1.54, 1.807) is 0 Å². The summed E-state index contributed by atoms with van der Waals surface area (Å²) in [5.74, 6) is -0.297. The van der Waals surface area contributed by atoms with Crippen LogP contribution in [0.25, 0.3) is 10.9 Å². The molecule has 2 atom stereocenters. The summed E-state index contributed by atoms with van der Waals surface area (Å²) in [5.41, 5.74) is 1.53. The molecular weight excluding hydrogens is 276 g/mol. The number of carboxylic acid groups (broad SMARTS) is 1. The Kier molecular flexibility index (Phi) is 3.15. The number of rotatable bonds is 3. The molecule has 114 valence electrons. The maximum atomic E-state index is 11.7. The lowest BCUT2D eigenvalue weighted by Gasteiger charge is -2.23. The van der Waals surface area contributed by atoms with Crippen molar-refractivity contribution in [2.75, 3.05) is 13.1 Å². The summed E-state index contributed by atoms with van der Waals surface area (Å²) in [6.45, 7) is 2.30. The number of nitrogens with zero attached hydrogens (tertiary/aromatic N) is 2. The molecule has 2 aliphatic rings. The van der Waals surface area contributed by atoms with Gasteiger partial charge in [0.05, 0.1) is 16.6 Å². The van der Waals surface area contributed by atoms with Crippen molar-refractivity contribution in [3.63, 3.8) is 0 Å². The summed E-state index contributed by atoms with van der Waals surface area (Å²) in [7, 11) is 0. The molecule has 2 heterocycles. The monoisotopic (exact) mass is 296 g/mol. The number of pyridine rings is 1. The standard InChI is InChI=1S/C18H20N2O2/c21-17(22)18-9-3-5-14(18)10-20(12-18)11-15-8-7-13-4-1-2-6-16(13)19-15/h1-2,4,6-8,14H,3,5,9-12H2,(H,21,22)/t14-,18+/m0/s1. The Morgan fingerprint density at radius 2 is 2.18 bits per heavy atom. The Morgan fingerprint density at radius 1 is 1.32 bits per heavy atom. The zero-order chi connectivity index (χ0) is 15.2. The van der Waals surface area contributed by atoms with E-state index in [0.717, 1.165) is 48.9 Å². The topological polar surface area (TPSA) is 53.4 Å². The van der Waals surface area contributed by atoms with E-state index in [2.05, 4.69) is 23.1 Å². The molecule has 1 saturated heterocycles. The SMILES string of the molecule is O=C(O)[C@@]12CCC[C@H]1CN(Cc1ccc3ccccc3n1)C2. The van der Waals surface area contributed by atoms with Crippen LogP contribution in [0, 0.1) is 11.3 Å². The fourth-order valence-corrected chi connectivity index (χ4v) is 4.29. The van der Waals surface area contributed by atoms with E-state index in [9.17, 15) is 9.90 Å². The first kappa shape index (κ1) is 13.7. The van der Waals surface area contributed by atoms with E-state index < -0.39 is 11.4 Å². The Morgan fingerprint density at radius 3 is 3.00 bits per heavy atom. The molecule has 0 spiro atoms. The van der Waals surface area contributed by atoms with Crippen molar-refractivity contribution in [1.29, 1.82) is 0 Å². The van der Waals surface area contributed by atoms with Gasteiger partial charge in [0.15, 0.2) is 0 Å². The number of carbonyl (C=O) groups is 1. The number of hydrogen-bond donors (Lipinski definition) is 1. The van der Waals surface area contributed by atoms with Crippen molar-refractivity contribution in [2.24, 2.45) is 11.3 Å². The first-order chi connectivity index (χ1) is 10.7. The van der Waals surface area contributed by atoms with Crippen LogP contribution < -0.4 is 0 Å². The van der Waals surface area contributed by atoms with Crippen LogP contribution in [0.15, 0.2) is 36.4 Å². The van der Waals surface area contributed by atoms with Crippen LogP contribution >= 0.6 is 0 Å². The van der Waals surface area contributed by atoms with E-state index in [1.807, 2.05) is 18.2 Å². The van der Waals surface area contributed by atoms with Crippen LogP contribution in [0.1, 0.15) is 25.0 Å². The van der Waals surface area contributed by atoms with Crippen molar-refractivity contribution in [3.05, 3.63) is 42.1 Å². The average molecular weight is 296 g/mol. The van der Waals surface area contributed by atoms with Gasteiger partial charge >= 0.3 is 5.97 Å². The Bertz CT molecular complexity index is 730. The molecule has 1 aromatic carbocycles. The lowest BCUT2D eigenvalue weighted by Crippen LogP contribution is -2.35. The molecule has 1 aromatic heterocycles. The predicted molar refractivity (Wildman–Crippen MR) is 84.4 cm³/mol. The molecule has 2 aromatic rings. The minimum atomic E-state index is -0.607. The summed E-state index contributed by atoms with van der Waals surface area (Å²) in [4.78, 5) is 18.7. The van der Waals surface area contributed by atoms with E-state index in [1.165, 1.54) is 0 Å². The second-order valence-corrected chi connectivity index (χ2v) is 6.72. The van der Waals surface area contributed by atoms with Gasteiger partial charge in [0.2, 0.25) is 0 Å². The molecule has 0 unspecified atom stereocenters. The van der Waals surface area contributed by atoms with Gasteiger partial charge in [-0.05, 0) is 30.9 Å². The number of para-hydroxylation sites is 1. The number of fused-ring (bicyclic) bond motifs is 2. The predicted octanol–water partition coefficient (Wildman–Crippen LogP) is 2.92. The zero-order valence-electron chi connectivity index (χ0n) is 12.5. The lowest BCUT2D eigenvalue weighted by atomic mass is 9.81. The third kappa shape index (κ3) is 2.10. The average Bonchev–Trinajstić information content (AvgIpc) is 3.05. The number of aromatic nitrogens is 1. The Balaban J connectivity index is 1.55. The molecule has 4 nitrogen and oxygen atoms in total. The molecule has 22 heavy (non-hydrogen) atoms. The summed E-state index contributed by atoms with van der Waals surface area (Å²) in [5, 5.41) is 10.8. The fourth-order valence-electron chi connectivity index (χ4n) is 4.29. The minimum absolute atomic E-state index is 0.311. The molecule has 4 rings (SSSR count). The number of hydrogen-bond acceptors (Lipinski definition) is 3. The van der Waals surface area contributed by atoms with Crippen LogP contribution in [0.2, 0.25) is 0 Å². The first-order valence-corrected chi connectivity index (χ1v) is 7.98. The van der Waals surface area contributed by atoms with Gasteiger partial charge in [0, 0.05) is 25.0 Å². The number of carboxylic acids is 1. The van der Waals surface area contributed by atoms with Gasteiger partial charge in [-0.2, -0.15) is 0 Å². The van der Waals surface area contributed by atoms with Crippen molar-refractivity contribution in [2.45, 2.75) is 25.8 Å². The molecule has 0 radical (unpaired) electrons. The van der Waals surface area contributed by atoms with Crippen LogP contribution in [0.3, 0.4) is 0 Å². The van der Waals surface area contributed by atoms with E-state index in [4.69, 9.17) is 4.98 Å². The molecular formula is C18H20N2O2.